The largest absolute Gasteiger partial charge is 0.339 e. The Balaban J connectivity index is 1.99. The average Bonchev–Trinajstić information content (AvgIpc) is 2.82. The molecule has 1 aliphatic rings. The molecule has 0 spiro atoms. The van der Waals surface area contributed by atoms with Gasteiger partial charge in [0.25, 0.3) is 5.91 Å². The van der Waals surface area contributed by atoms with Gasteiger partial charge in [0.2, 0.25) is 0 Å². The van der Waals surface area contributed by atoms with Crippen LogP contribution in [0.25, 0.3) is 0 Å². The Kier molecular flexibility index (Phi) is 4.78. The van der Waals surface area contributed by atoms with E-state index in [2.05, 4.69) is 12.2 Å². The topological polar surface area (TPSA) is 32.3 Å². The normalized spacial score (nSPS) is 19.8. The standard InChI is InChI=1S/C14H22N2OS/c1-3-16(8-12-5-4-6-15-7-12)14(17)13-10-18-9-11(13)2/h9-10,12,15H,3-8H2,1-2H3. The molecule has 1 aromatic rings. The Morgan fingerprint density at radius 2 is 2.39 bits per heavy atom. The van der Waals surface area contributed by atoms with Crippen LogP contribution in [0.5, 0.6) is 0 Å². The number of carbonyl (C=O) groups excluding carboxylic acids is 1. The minimum Gasteiger partial charge on any atom is -0.339 e. The highest BCUT2D eigenvalue weighted by Crippen LogP contribution is 2.18. The summed E-state index contributed by atoms with van der Waals surface area (Å²) in [5.74, 6) is 0.809. The Bertz CT molecular complexity index is 396. The highest BCUT2D eigenvalue weighted by atomic mass is 32.1. The first-order valence-electron chi connectivity index (χ1n) is 6.75. The van der Waals surface area contributed by atoms with E-state index in [0.29, 0.717) is 5.92 Å². The fourth-order valence-electron chi connectivity index (χ4n) is 2.50. The molecular weight excluding hydrogens is 244 g/mol. The average molecular weight is 266 g/mol. The van der Waals surface area contributed by atoms with Gasteiger partial charge in [-0.25, -0.2) is 0 Å². The van der Waals surface area contributed by atoms with Gasteiger partial charge in [-0.1, -0.05) is 0 Å². The second-order valence-corrected chi connectivity index (χ2v) is 5.77. The van der Waals surface area contributed by atoms with Crippen LogP contribution in [-0.4, -0.2) is 37.0 Å². The predicted molar refractivity (Wildman–Crippen MR) is 76.2 cm³/mol. The molecule has 3 nitrogen and oxygen atoms in total. The summed E-state index contributed by atoms with van der Waals surface area (Å²) < 4.78 is 0. The maximum absolute atomic E-state index is 12.4. The lowest BCUT2D eigenvalue weighted by Crippen LogP contribution is -2.41. The van der Waals surface area contributed by atoms with Crippen molar-refractivity contribution in [1.29, 1.82) is 0 Å². The summed E-state index contributed by atoms with van der Waals surface area (Å²) in [4.78, 5) is 14.4. The number of nitrogens with zero attached hydrogens (tertiary/aromatic N) is 1. The Morgan fingerprint density at radius 3 is 2.94 bits per heavy atom. The van der Waals surface area contributed by atoms with Crippen LogP contribution in [0, 0.1) is 12.8 Å². The summed E-state index contributed by atoms with van der Waals surface area (Å²) in [7, 11) is 0. The van der Waals surface area contributed by atoms with Gasteiger partial charge in [0.1, 0.15) is 0 Å². The zero-order chi connectivity index (χ0) is 13.0. The second-order valence-electron chi connectivity index (χ2n) is 5.02. The van der Waals surface area contributed by atoms with Crippen molar-refractivity contribution in [2.75, 3.05) is 26.2 Å². The monoisotopic (exact) mass is 266 g/mol. The van der Waals surface area contributed by atoms with E-state index in [0.717, 1.165) is 37.3 Å². The molecule has 1 N–H and O–H groups in total. The van der Waals surface area contributed by atoms with E-state index in [1.165, 1.54) is 12.8 Å². The molecule has 2 rings (SSSR count). The lowest BCUT2D eigenvalue weighted by atomic mass is 9.98. The third-order valence-electron chi connectivity index (χ3n) is 3.63. The minimum absolute atomic E-state index is 0.196. The molecule has 1 aliphatic heterocycles. The Morgan fingerprint density at radius 1 is 1.56 bits per heavy atom. The van der Waals surface area contributed by atoms with Crippen LogP contribution in [-0.2, 0) is 0 Å². The van der Waals surface area contributed by atoms with E-state index in [9.17, 15) is 4.79 Å². The smallest absolute Gasteiger partial charge is 0.254 e. The summed E-state index contributed by atoms with van der Waals surface area (Å²) in [6.45, 7) is 7.93. The first-order valence-corrected chi connectivity index (χ1v) is 7.69. The maximum atomic E-state index is 12.4. The van der Waals surface area contributed by atoms with Crippen LogP contribution in [0.15, 0.2) is 10.8 Å². The molecule has 18 heavy (non-hydrogen) atoms. The van der Waals surface area contributed by atoms with E-state index >= 15 is 0 Å². The number of thiophene rings is 1. The molecule has 1 saturated heterocycles. The Hall–Kier alpha value is -0.870. The lowest BCUT2D eigenvalue weighted by Gasteiger charge is -2.29. The van der Waals surface area contributed by atoms with Crippen molar-refractivity contribution in [2.45, 2.75) is 26.7 Å². The highest BCUT2D eigenvalue weighted by Gasteiger charge is 2.21. The molecule has 0 bridgehead atoms. The zero-order valence-electron chi connectivity index (χ0n) is 11.2. The van der Waals surface area contributed by atoms with E-state index < -0.39 is 0 Å². The quantitative estimate of drug-likeness (QED) is 0.908. The summed E-state index contributed by atoms with van der Waals surface area (Å²) >= 11 is 1.61. The number of piperidine rings is 1. The molecule has 1 amide bonds. The predicted octanol–water partition coefficient (Wildman–Crippen LogP) is 2.52. The molecule has 1 atom stereocenters. The summed E-state index contributed by atoms with van der Waals surface area (Å²) in [5, 5.41) is 7.43. The van der Waals surface area contributed by atoms with E-state index in [1.54, 1.807) is 11.3 Å². The van der Waals surface area contributed by atoms with E-state index in [-0.39, 0.29) is 5.91 Å². The molecule has 0 saturated carbocycles. The second kappa shape index (κ2) is 6.34. The third-order valence-corrected chi connectivity index (χ3v) is 4.49. The van der Waals surface area contributed by atoms with Gasteiger partial charge in [-0.05, 0) is 56.6 Å². The molecule has 0 radical (unpaired) electrons. The summed E-state index contributed by atoms with van der Waals surface area (Å²) in [5.41, 5.74) is 1.98. The van der Waals surface area contributed by atoms with Gasteiger partial charge in [-0.3, -0.25) is 4.79 Å². The van der Waals surface area contributed by atoms with Gasteiger partial charge in [0, 0.05) is 18.5 Å². The van der Waals surface area contributed by atoms with Crippen molar-refractivity contribution in [3.05, 3.63) is 21.9 Å². The fourth-order valence-corrected chi connectivity index (χ4v) is 3.32. The summed E-state index contributed by atoms with van der Waals surface area (Å²) in [6.07, 6.45) is 2.47. The minimum atomic E-state index is 0.196. The van der Waals surface area contributed by atoms with Gasteiger partial charge in [-0.2, -0.15) is 11.3 Å². The lowest BCUT2D eigenvalue weighted by molar-refractivity contribution is 0.0729. The van der Waals surface area contributed by atoms with Crippen LogP contribution < -0.4 is 5.32 Å². The molecule has 0 aliphatic carbocycles. The number of nitrogens with one attached hydrogen (secondary N) is 1. The SMILES string of the molecule is CCN(CC1CCCNC1)C(=O)c1cscc1C. The molecule has 1 aromatic heterocycles. The third kappa shape index (κ3) is 3.12. The molecular formula is C14H22N2OS. The first kappa shape index (κ1) is 13.6. The van der Waals surface area contributed by atoms with Crippen LogP contribution in [0.1, 0.15) is 35.7 Å². The van der Waals surface area contributed by atoms with Crippen molar-refractivity contribution in [3.8, 4) is 0 Å². The van der Waals surface area contributed by atoms with Crippen molar-refractivity contribution >= 4 is 17.2 Å². The van der Waals surface area contributed by atoms with Crippen LogP contribution in [0.2, 0.25) is 0 Å². The van der Waals surface area contributed by atoms with Crippen LogP contribution >= 0.6 is 11.3 Å². The highest BCUT2D eigenvalue weighted by molar-refractivity contribution is 7.08. The molecule has 1 fully saturated rings. The number of carbonyl (C=O) groups is 1. The van der Waals surface area contributed by atoms with Crippen molar-refractivity contribution in [1.82, 2.24) is 10.2 Å². The number of rotatable bonds is 4. The number of hydrogen-bond donors (Lipinski definition) is 1. The molecule has 2 heterocycles. The molecule has 1 unspecified atom stereocenters. The zero-order valence-corrected chi connectivity index (χ0v) is 12.1. The maximum Gasteiger partial charge on any atom is 0.254 e. The fraction of sp³-hybridized carbons (Fsp3) is 0.643. The van der Waals surface area contributed by atoms with E-state index in [1.807, 2.05) is 22.6 Å². The molecule has 4 heteroatoms. The van der Waals surface area contributed by atoms with Gasteiger partial charge >= 0.3 is 0 Å². The summed E-state index contributed by atoms with van der Waals surface area (Å²) in [6, 6.07) is 0. The number of amides is 1. The van der Waals surface area contributed by atoms with Crippen molar-refractivity contribution < 1.29 is 4.79 Å². The van der Waals surface area contributed by atoms with Gasteiger partial charge in [0.15, 0.2) is 0 Å². The van der Waals surface area contributed by atoms with Crippen molar-refractivity contribution in [3.63, 3.8) is 0 Å². The van der Waals surface area contributed by atoms with Crippen molar-refractivity contribution in [2.24, 2.45) is 5.92 Å². The van der Waals surface area contributed by atoms with Gasteiger partial charge < -0.3 is 10.2 Å². The first-order chi connectivity index (χ1) is 8.72. The van der Waals surface area contributed by atoms with Gasteiger partial charge in [-0.15, -0.1) is 0 Å². The van der Waals surface area contributed by atoms with E-state index in [4.69, 9.17) is 0 Å². The van der Waals surface area contributed by atoms with Crippen LogP contribution in [0.3, 0.4) is 0 Å². The van der Waals surface area contributed by atoms with Gasteiger partial charge in [0.05, 0.1) is 5.56 Å². The molecule has 0 aromatic carbocycles. The Labute approximate surface area is 113 Å². The number of hydrogen-bond acceptors (Lipinski definition) is 3. The van der Waals surface area contributed by atoms with Crippen LogP contribution in [0.4, 0.5) is 0 Å². The number of aryl methyl sites for hydroxylation is 1. The molecule has 100 valence electrons.